The van der Waals surface area contributed by atoms with Crippen molar-refractivity contribution in [3.8, 4) is 0 Å². The maximum atomic E-state index is 7.25. The van der Waals surface area contributed by atoms with Crippen LogP contribution in [0.2, 0.25) is 0 Å². The summed E-state index contributed by atoms with van der Waals surface area (Å²) in [5.74, 6) is 0.118. The summed E-state index contributed by atoms with van der Waals surface area (Å²) in [6.45, 7) is 2.14. The number of nitrogens with two attached hydrogens (primary N) is 1. The maximum Gasteiger partial charge on any atom is 0.122 e. The molecule has 76 valence electrons. The Hall–Kier alpha value is -0.480. The van der Waals surface area contributed by atoms with Crippen LogP contribution in [0.25, 0.3) is 0 Å². The Labute approximate surface area is 96.9 Å². The molecule has 4 heteroatoms. The third-order valence-corrected chi connectivity index (χ3v) is 4.09. The predicted molar refractivity (Wildman–Crippen MR) is 66.3 cm³/mol. The van der Waals surface area contributed by atoms with Crippen LogP contribution >= 0.6 is 27.7 Å². The van der Waals surface area contributed by atoms with Gasteiger partial charge in [0.15, 0.2) is 0 Å². The van der Waals surface area contributed by atoms with Gasteiger partial charge in [0.2, 0.25) is 0 Å². The molecule has 0 saturated heterocycles. The molecule has 3 N–H and O–H groups in total. The Morgan fingerprint density at radius 3 is 2.50 bits per heavy atom. The number of benzene rings is 1. The van der Waals surface area contributed by atoms with E-state index in [1.54, 1.807) is 11.8 Å². The van der Waals surface area contributed by atoms with Crippen molar-refractivity contribution in [1.29, 1.82) is 5.41 Å². The third kappa shape index (κ3) is 3.35. The Bertz CT molecular complexity index is 310. The fraction of sp³-hybridized carbons (Fsp3) is 0.300. The lowest BCUT2D eigenvalue weighted by Gasteiger charge is -2.06. The van der Waals surface area contributed by atoms with Crippen LogP contribution in [0.3, 0.4) is 0 Å². The molecule has 0 aliphatic carbocycles. The lowest BCUT2D eigenvalue weighted by Crippen LogP contribution is -2.10. The molecule has 1 rings (SSSR count). The average molecular weight is 273 g/mol. The van der Waals surface area contributed by atoms with Crippen LogP contribution in [0.1, 0.15) is 18.9 Å². The van der Waals surface area contributed by atoms with E-state index in [0.29, 0.717) is 4.16 Å². The predicted octanol–water partition coefficient (Wildman–Crippen LogP) is 3.19. The van der Waals surface area contributed by atoms with Gasteiger partial charge in [0, 0.05) is 10.5 Å². The quantitative estimate of drug-likeness (QED) is 0.383. The van der Waals surface area contributed by atoms with Crippen molar-refractivity contribution in [3.05, 3.63) is 29.8 Å². The van der Waals surface area contributed by atoms with Crippen LogP contribution in [0.4, 0.5) is 0 Å². The first-order chi connectivity index (χ1) is 6.63. The van der Waals surface area contributed by atoms with E-state index in [0.717, 1.165) is 12.0 Å². The molecule has 1 aromatic carbocycles. The number of hydrogen-bond donors (Lipinski definition) is 2. The Kier molecular flexibility index (Phi) is 4.48. The molecule has 0 bridgehead atoms. The molecular weight excluding hydrogens is 260 g/mol. The van der Waals surface area contributed by atoms with Crippen molar-refractivity contribution in [2.75, 3.05) is 0 Å². The summed E-state index contributed by atoms with van der Waals surface area (Å²) in [5, 5.41) is 7.25. The van der Waals surface area contributed by atoms with E-state index < -0.39 is 0 Å². The summed E-state index contributed by atoms with van der Waals surface area (Å²) in [7, 11) is 0. The van der Waals surface area contributed by atoms with Crippen molar-refractivity contribution >= 4 is 33.5 Å². The van der Waals surface area contributed by atoms with Gasteiger partial charge in [-0.25, -0.2) is 0 Å². The van der Waals surface area contributed by atoms with Crippen molar-refractivity contribution < 1.29 is 0 Å². The van der Waals surface area contributed by atoms with Crippen LogP contribution in [0.15, 0.2) is 29.2 Å². The molecule has 0 heterocycles. The number of rotatable bonds is 4. The van der Waals surface area contributed by atoms with E-state index in [1.807, 2.05) is 24.3 Å². The number of nitrogens with one attached hydrogen (secondary N) is 1. The summed E-state index contributed by atoms with van der Waals surface area (Å²) in [4.78, 5) is 1.19. The minimum atomic E-state index is 0.118. The monoisotopic (exact) mass is 272 g/mol. The normalized spacial score (nSPS) is 12.4. The highest BCUT2D eigenvalue weighted by molar-refractivity contribution is 9.11. The fourth-order valence-corrected chi connectivity index (χ4v) is 2.35. The SMILES string of the molecule is CCC(Br)Sc1ccc(C(=N)N)cc1. The van der Waals surface area contributed by atoms with E-state index in [-0.39, 0.29) is 5.84 Å². The molecule has 14 heavy (non-hydrogen) atoms. The largest absolute Gasteiger partial charge is 0.384 e. The number of hydrogen-bond acceptors (Lipinski definition) is 2. The van der Waals surface area contributed by atoms with E-state index in [2.05, 4.69) is 22.9 Å². The van der Waals surface area contributed by atoms with Gasteiger partial charge in [-0.1, -0.05) is 35.0 Å². The standard InChI is InChI=1S/C10H13BrN2S/c1-2-9(11)14-8-5-3-7(4-6-8)10(12)13/h3-6,9H,2H2,1H3,(H3,12,13). The van der Waals surface area contributed by atoms with Gasteiger partial charge in [-0.2, -0.15) is 0 Å². The Balaban J connectivity index is 2.68. The van der Waals surface area contributed by atoms with Crippen molar-refractivity contribution in [1.82, 2.24) is 0 Å². The molecular formula is C10H13BrN2S. The van der Waals surface area contributed by atoms with Crippen molar-refractivity contribution in [2.45, 2.75) is 22.4 Å². The van der Waals surface area contributed by atoms with Crippen LogP contribution in [-0.4, -0.2) is 9.99 Å². The Morgan fingerprint density at radius 1 is 1.50 bits per heavy atom. The molecule has 0 aliphatic rings. The van der Waals surface area contributed by atoms with Crippen LogP contribution in [-0.2, 0) is 0 Å². The average Bonchev–Trinajstić information content (AvgIpc) is 2.18. The highest BCUT2D eigenvalue weighted by Gasteiger charge is 2.03. The minimum Gasteiger partial charge on any atom is -0.384 e. The van der Waals surface area contributed by atoms with Crippen molar-refractivity contribution in [3.63, 3.8) is 0 Å². The van der Waals surface area contributed by atoms with Gasteiger partial charge in [-0.3, -0.25) is 5.41 Å². The molecule has 1 atom stereocenters. The summed E-state index contributed by atoms with van der Waals surface area (Å²) < 4.78 is 0.450. The first-order valence-electron chi connectivity index (χ1n) is 4.38. The number of amidine groups is 1. The van der Waals surface area contributed by atoms with E-state index >= 15 is 0 Å². The van der Waals surface area contributed by atoms with Gasteiger partial charge in [0.1, 0.15) is 5.84 Å². The zero-order valence-electron chi connectivity index (χ0n) is 7.96. The number of thioether (sulfide) groups is 1. The number of alkyl halides is 1. The third-order valence-electron chi connectivity index (χ3n) is 1.75. The van der Waals surface area contributed by atoms with Crippen LogP contribution in [0, 0.1) is 5.41 Å². The highest BCUT2D eigenvalue weighted by Crippen LogP contribution is 2.29. The molecule has 0 aliphatic heterocycles. The second-order valence-electron chi connectivity index (χ2n) is 2.87. The summed E-state index contributed by atoms with van der Waals surface area (Å²) in [6, 6.07) is 7.73. The second kappa shape index (κ2) is 5.41. The first-order valence-corrected chi connectivity index (χ1v) is 6.18. The molecule has 0 amide bonds. The fourth-order valence-electron chi connectivity index (χ4n) is 0.944. The number of nitrogen functional groups attached to an aromatic ring is 1. The molecule has 1 aromatic rings. The van der Waals surface area contributed by atoms with E-state index in [4.69, 9.17) is 11.1 Å². The topological polar surface area (TPSA) is 49.9 Å². The summed E-state index contributed by atoms with van der Waals surface area (Å²) in [5.41, 5.74) is 6.13. The second-order valence-corrected chi connectivity index (χ2v) is 5.86. The molecule has 0 aromatic heterocycles. The molecule has 2 nitrogen and oxygen atoms in total. The smallest absolute Gasteiger partial charge is 0.122 e. The first kappa shape index (κ1) is 11.6. The zero-order valence-corrected chi connectivity index (χ0v) is 10.4. The molecule has 1 unspecified atom stereocenters. The van der Waals surface area contributed by atoms with Crippen LogP contribution < -0.4 is 5.73 Å². The van der Waals surface area contributed by atoms with Crippen LogP contribution in [0.5, 0.6) is 0 Å². The lowest BCUT2D eigenvalue weighted by atomic mass is 10.2. The summed E-state index contributed by atoms with van der Waals surface area (Å²) >= 11 is 5.33. The molecule has 0 spiro atoms. The van der Waals surface area contributed by atoms with Crippen molar-refractivity contribution in [2.24, 2.45) is 5.73 Å². The summed E-state index contributed by atoms with van der Waals surface area (Å²) in [6.07, 6.45) is 1.08. The van der Waals surface area contributed by atoms with Gasteiger partial charge in [-0.15, -0.1) is 11.8 Å². The maximum absolute atomic E-state index is 7.25. The minimum absolute atomic E-state index is 0.118. The van der Waals surface area contributed by atoms with Gasteiger partial charge >= 0.3 is 0 Å². The number of halogens is 1. The molecule has 0 radical (unpaired) electrons. The van der Waals surface area contributed by atoms with Gasteiger partial charge in [0.05, 0.1) is 4.16 Å². The highest BCUT2D eigenvalue weighted by atomic mass is 79.9. The molecule has 0 fully saturated rings. The van der Waals surface area contributed by atoms with E-state index in [1.165, 1.54) is 4.90 Å². The Morgan fingerprint density at radius 2 is 2.07 bits per heavy atom. The molecule has 0 saturated carbocycles. The van der Waals surface area contributed by atoms with Gasteiger partial charge in [-0.05, 0) is 18.6 Å². The lowest BCUT2D eigenvalue weighted by molar-refractivity contribution is 1.07. The zero-order chi connectivity index (χ0) is 10.6. The van der Waals surface area contributed by atoms with Gasteiger partial charge in [0.25, 0.3) is 0 Å². The van der Waals surface area contributed by atoms with E-state index in [9.17, 15) is 0 Å². The van der Waals surface area contributed by atoms with Gasteiger partial charge < -0.3 is 5.73 Å².